The van der Waals surface area contributed by atoms with E-state index in [0.29, 0.717) is 23.3 Å². The van der Waals surface area contributed by atoms with Crippen molar-refractivity contribution in [2.24, 2.45) is 11.8 Å². The van der Waals surface area contributed by atoms with Gasteiger partial charge in [0.2, 0.25) is 0 Å². The Balaban J connectivity index is 1.59. The lowest BCUT2D eigenvalue weighted by atomic mass is 9.53. The van der Waals surface area contributed by atoms with Gasteiger partial charge in [-0.1, -0.05) is 18.9 Å². The molecule has 2 aliphatic rings. The molecular formula is C23H28N2O3. The Morgan fingerprint density at radius 2 is 1.79 bits per heavy atom. The topological polar surface area (TPSA) is 60.5 Å². The van der Waals surface area contributed by atoms with Crippen molar-refractivity contribution >= 4 is 5.91 Å². The number of hydrogen-bond donors (Lipinski definition) is 1. The molecule has 0 radical (unpaired) electrons. The van der Waals surface area contributed by atoms with Gasteiger partial charge in [0.15, 0.2) is 11.5 Å². The monoisotopic (exact) mass is 380 g/mol. The lowest BCUT2D eigenvalue weighted by Crippen LogP contribution is -2.59. The SMILES string of the molecule is COc1ccc([C@H]2C3CCCCC3[C@@H]2NC(=O)c2ccc(C)nc2)cc1OC. The van der Waals surface area contributed by atoms with Crippen LogP contribution >= 0.6 is 0 Å². The van der Waals surface area contributed by atoms with E-state index >= 15 is 0 Å². The first-order chi connectivity index (χ1) is 13.6. The van der Waals surface area contributed by atoms with Gasteiger partial charge in [0.05, 0.1) is 19.8 Å². The van der Waals surface area contributed by atoms with E-state index in [9.17, 15) is 4.79 Å². The summed E-state index contributed by atoms with van der Waals surface area (Å²) in [6.45, 7) is 1.92. The van der Waals surface area contributed by atoms with Crippen molar-refractivity contribution < 1.29 is 14.3 Å². The van der Waals surface area contributed by atoms with Gasteiger partial charge in [-0.05, 0) is 61.4 Å². The molecule has 4 atom stereocenters. The zero-order valence-electron chi connectivity index (χ0n) is 16.8. The average molecular weight is 380 g/mol. The van der Waals surface area contributed by atoms with E-state index in [4.69, 9.17) is 9.47 Å². The van der Waals surface area contributed by atoms with Crippen LogP contribution in [0.4, 0.5) is 0 Å². The van der Waals surface area contributed by atoms with E-state index in [2.05, 4.69) is 22.4 Å². The number of rotatable bonds is 5. The van der Waals surface area contributed by atoms with E-state index < -0.39 is 0 Å². The van der Waals surface area contributed by atoms with E-state index in [-0.39, 0.29) is 11.9 Å². The molecule has 1 N–H and O–H groups in total. The Hall–Kier alpha value is -2.56. The van der Waals surface area contributed by atoms with E-state index in [1.54, 1.807) is 20.4 Å². The molecule has 0 aliphatic heterocycles. The molecule has 28 heavy (non-hydrogen) atoms. The fraction of sp³-hybridized carbons (Fsp3) is 0.478. The van der Waals surface area contributed by atoms with Crippen LogP contribution in [0.5, 0.6) is 11.5 Å². The minimum atomic E-state index is -0.0352. The smallest absolute Gasteiger partial charge is 0.253 e. The number of carbonyl (C=O) groups excluding carboxylic acids is 1. The van der Waals surface area contributed by atoms with Gasteiger partial charge in [-0.25, -0.2) is 0 Å². The summed E-state index contributed by atoms with van der Waals surface area (Å²) in [5.74, 6) is 2.92. The second-order valence-electron chi connectivity index (χ2n) is 7.94. The van der Waals surface area contributed by atoms with Gasteiger partial charge < -0.3 is 14.8 Å². The van der Waals surface area contributed by atoms with Crippen molar-refractivity contribution in [1.29, 1.82) is 0 Å². The molecule has 0 bridgehead atoms. The van der Waals surface area contributed by atoms with Crippen molar-refractivity contribution in [1.82, 2.24) is 10.3 Å². The number of nitrogens with zero attached hydrogens (tertiary/aromatic N) is 1. The summed E-state index contributed by atoms with van der Waals surface area (Å²) in [4.78, 5) is 17.1. The second-order valence-corrected chi connectivity index (χ2v) is 7.94. The predicted octanol–water partition coefficient (Wildman–Crippen LogP) is 4.11. The normalized spacial score (nSPS) is 26.0. The third kappa shape index (κ3) is 3.34. The lowest BCUT2D eigenvalue weighted by molar-refractivity contribution is 0.0251. The highest BCUT2D eigenvalue weighted by atomic mass is 16.5. The van der Waals surface area contributed by atoms with Gasteiger partial charge in [0.25, 0.3) is 5.91 Å². The first kappa shape index (κ1) is 18.8. The molecule has 2 unspecified atom stereocenters. The Morgan fingerprint density at radius 1 is 1.04 bits per heavy atom. The maximum atomic E-state index is 12.8. The fourth-order valence-corrected chi connectivity index (χ4v) is 5.02. The van der Waals surface area contributed by atoms with Gasteiger partial charge in [-0.2, -0.15) is 0 Å². The Labute approximate surface area is 166 Å². The van der Waals surface area contributed by atoms with Crippen LogP contribution in [0.2, 0.25) is 0 Å². The molecule has 1 amide bonds. The molecule has 1 aromatic carbocycles. The first-order valence-electron chi connectivity index (χ1n) is 10.1. The molecule has 0 saturated heterocycles. The third-order valence-electron chi connectivity index (χ3n) is 6.45. The van der Waals surface area contributed by atoms with Crippen LogP contribution in [-0.2, 0) is 0 Å². The molecule has 2 aromatic rings. The van der Waals surface area contributed by atoms with Crippen LogP contribution in [0.25, 0.3) is 0 Å². The number of hydrogen-bond acceptors (Lipinski definition) is 4. The van der Waals surface area contributed by atoms with Gasteiger partial charge in [-0.15, -0.1) is 0 Å². The second kappa shape index (κ2) is 7.82. The molecule has 2 aliphatic carbocycles. The number of carbonyl (C=O) groups is 1. The molecule has 148 valence electrons. The number of pyridine rings is 1. The number of aromatic nitrogens is 1. The van der Waals surface area contributed by atoms with Crippen LogP contribution in [0.1, 0.15) is 53.2 Å². The fourth-order valence-electron chi connectivity index (χ4n) is 5.02. The Kier molecular flexibility index (Phi) is 5.25. The molecule has 5 nitrogen and oxygen atoms in total. The Bertz CT molecular complexity index is 849. The summed E-state index contributed by atoms with van der Waals surface area (Å²) >= 11 is 0. The minimum absolute atomic E-state index is 0.0352. The molecule has 1 aromatic heterocycles. The number of benzene rings is 1. The quantitative estimate of drug-likeness (QED) is 0.848. The number of aryl methyl sites for hydroxylation is 1. The molecule has 5 heteroatoms. The average Bonchev–Trinajstić information content (AvgIpc) is 2.72. The highest BCUT2D eigenvalue weighted by Gasteiger charge is 2.52. The predicted molar refractivity (Wildman–Crippen MR) is 108 cm³/mol. The Morgan fingerprint density at radius 3 is 2.46 bits per heavy atom. The van der Waals surface area contributed by atoms with Crippen molar-refractivity contribution in [3.8, 4) is 11.5 Å². The molecule has 2 saturated carbocycles. The van der Waals surface area contributed by atoms with Crippen molar-refractivity contribution in [2.45, 2.75) is 44.6 Å². The number of fused-ring (bicyclic) bond motifs is 1. The summed E-state index contributed by atoms with van der Waals surface area (Å²) in [6, 6.07) is 10.0. The van der Waals surface area contributed by atoms with Crippen LogP contribution in [-0.4, -0.2) is 31.2 Å². The minimum Gasteiger partial charge on any atom is -0.493 e. The van der Waals surface area contributed by atoms with Crippen molar-refractivity contribution in [3.05, 3.63) is 53.3 Å². The number of nitrogens with one attached hydrogen (secondary N) is 1. The molecule has 4 rings (SSSR count). The zero-order valence-corrected chi connectivity index (χ0v) is 16.8. The number of ether oxygens (including phenoxy) is 2. The molecule has 1 heterocycles. The number of methoxy groups -OCH3 is 2. The van der Waals surface area contributed by atoms with Crippen LogP contribution in [0.3, 0.4) is 0 Å². The zero-order chi connectivity index (χ0) is 19.7. The van der Waals surface area contributed by atoms with Crippen LogP contribution in [0, 0.1) is 18.8 Å². The summed E-state index contributed by atoms with van der Waals surface area (Å²) in [5.41, 5.74) is 2.75. The van der Waals surface area contributed by atoms with Gasteiger partial charge in [0.1, 0.15) is 0 Å². The van der Waals surface area contributed by atoms with E-state index in [0.717, 1.165) is 17.2 Å². The maximum absolute atomic E-state index is 12.8. The summed E-state index contributed by atoms with van der Waals surface area (Å²) in [5, 5.41) is 3.31. The first-order valence-corrected chi connectivity index (χ1v) is 10.1. The van der Waals surface area contributed by atoms with Crippen LogP contribution in [0.15, 0.2) is 36.5 Å². The van der Waals surface area contributed by atoms with Gasteiger partial charge in [-0.3, -0.25) is 9.78 Å². The highest BCUT2D eigenvalue weighted by Crippen LogP contribution is 2.55. The van der Waals surface area contributed by atoms with E-state index in [1.807, 2.05) is 25.1 Å². The summed E-state index contributed by atoms with van der Waals surface area (Å²) in [7, 11) is 3.31. The van der Waals surface area contributed by atoms with Gasteiger partial charge in [0, 0.05) is 23.9 Å². The van der Waals surface area contributed by atoms with E-state index in [1.165, 1.54) is 31.2 Å². The summed E-state index contributed by atoms with van der Waals surface area (Å²) < 4.78 is 10.9. The third-order valence-corrected chi connectivity index (χ3v) is 6.45. The lowest BCUT2D eigenvalue weighted by Gasteiger charge is -2.55. The van der Waals surface area contributed by atoms with Gasteiger partial charge >= 0.3 is 0 Å². The number of amides is 1. The molecule has 0 spiro atoms. The standard InChI is InChI=1S/C23H28N2O3/c1-14-8-9-16(13-24-14)23(26)25-22-18-7-5-4-6-17(18)21(22)15-10-11-19(27-2)20(12-15)28-3/h8-13,17-18,21-22H,4-7H2,1-3H3,(H,25,26)/t17?,18?,21-,22-/m0/s1. The largest absolute Gasteiger partial charge is 0.493 e. The maximum Gasteiger partial charge on any atom is 0.253 e. The molecule has 2 fully saturated rings. The highest BCUT2D eigenvalue weighted by molar-refractivity contribution is 5.94. The van der Waals surface area contributed by atoms with Crippen LogP contribution < -0.4 is 14.8 Å². The molecular weight excluding hydrogens is 352 g/mol. The summed E-state index contributed by atoms with van der Waals surface area (Å²) in [6.07, 6.45) is 6.59. The van der Waals surface area contributed by atoms with Crippen molar-refractivity contribution in [3.63, 3.8) is 0 Å². The van der Waals surface area contributed by atoms with Crippen molar-refractivity contribution in [2.75, 3.05) is 14.2 Å².